The van der Waals surface area contributed by atoms with Gasteiger partial charge in [-0.1, -0.05) is 37.3 Å². The largest absolute Gasteiger partial charge is 0.310 e. The van der Waals surface area contributed by atoms with Crippen molar-refractivity contribution < 1.29 is 0 Å². The Balaban J connectivity index is 2.02. The van der Waals surface area contributed by atoms with Crippen LogP contribution in [0.5, 0.6) is 0 Å². The van der Waals surface area contributed by atoms with Crippen LogP contribution in [0.4, 0.5) is 0 Å². The lowest BCUT2D eigenvalue weighted by atomic mass is 9.89. The SMILES string of the molecule is CCC1CCCN1CCC(N)(C#N)c1ccccc1. The Morgan fingerprint density at radius 1 is 1.42 bits per heavy atom. The van der Waals surface area contributed by atoms with E-state index in [0.717, 1.165) is 18.7 Å². The van der Waals surface area contributed by atoms with E-state index in [1.807, 2.05) is 30.3 Å². The summed E-state index contributed by atoms with van der Waals surface area (Å²) in [7, 11) is 0. The van der Waals surface area contributed by atoms with Crippen molar-refractivity contribution >= 4 is 0 Å². The molecule has 0 saturated carbocycles. The van der Waals surface area contributed by atoms with Gasteiger partial charge in [0.1, 0.15) is 5.54 Å². The van der Waals surface area contributed by atoms with Gasteiger partial charge in [-0.3, -0.25) is 0 Å². The first kappa shape index (κ1) is 14.0. The van der Waals surface area contributed by atoms with Crippen LogP contribution >= 0.6 is 0 Å². The zero-order valence-corrected chi connectivity index (χ0v) is 11.7. The molecule has 3 heteroatoms. The molecule has 3 nitrogen and oxygen atoms in total. The van der Waals surface area contributed by atoms with Crippen LogP contribution in [-0.4, -0.2) is 24.0 Å². The first-order valence-electron chi connectivity index (χ1n) is 7.19. The van der Waals surface area contributed by atoms with Gasteiger partial charge in [0.2, 0.25) is 0 Å². The molecular formula is C16H23N3. The molecule has 1 aromatic carbocycles. The molecule has 1 heterocycles. The number of nitrogens with zero attached hydrogens (tertiary/aromatic N) is 2. The lowest BCUT2D eigenvalue weighted by molar-refractivity contribution is 0.230. The van der Waals surface area contributed by atoms with Crippen LogP contribution in [-0.2, 0) is 5.54 Å². The van der Waals surface area contributed by atoms with Crippen LogP contribution in [0.25, 0.3) is 0 Å². The highest BCUT2D eigenvalue weighted by Crippen LogP contribution is 2.25. The van der Waals surface area contributed by atoms with E-state index in [0.29, 0.717) is 12.5 Å². The highest BCUT2D eigenvalue weighted by Gasteiger charge is 2.30. The Morgan fingerprint density at radius 3 is 2.79 bits per heavy atom. The van der Waals surface area contributed by atoms with E-state index in [4.69, 9.17) is 5.73 Å². The van der Waals surface area contributed by atoms with E-state index in [1.54, 1.807) is 0 Å². The third kappa shape index (κ3) is 3.15. The van der Waals surface area contributed by atoms with Crippen LogP contribution < -0.4 is 5.73 Å². The molecule has 0 radical (unpaired) electrons. The van der Waals surface area contributed by atoms with Crippen molar-refractivity contribution in [1.82, 2.24) is 4.90 Å². The van der Waals surface area contributed by atoms with Gasteiger partial charge in [0.25, 0.3) is 0 Å². The first-order chi connectivity index (χ1) is 9.19. The molecular weight excluding hydrogens is 234 g/mol. The van der Waals surface area contributed by atoms with E-state index in [2.05, 4.69) is 17.9 Å². The topological polar surface area (TPSA) is 53.0 Å². The molecule has 0 amide bonds. The van der Waals surface area contributed by atoms with Crippen molar-refractivity contribution in [2.24, 2.45) is 5.73 Å². The number of hydrogen-bond donors (Lipinski definition) is 1. The molecule has 2 atom stereocenters. The Hall–Kier alpha value is -1.37. The summed E-state index contributed by atoms with van der Waals surface area (Å²) < 4.78 is 0. The zero-order valence-electron chi connectivity index (χ0n) is 11.7. The molecule has 1 aliphatic rings. The van der Waals surface area contributed by atoms with Crippen molar-refractivity contribution in [3.63, 3.8) is 0 Å². The van der Waals surface area contributed by atoms with Gasteiger partial charge < -0.3 is 10.6 Å². The Labute approximate surface area is 116 Å². The van der Waals surface area contributed by atoms with Crippen molar-refractivity contribution in [3.05, 3.63) is 35.9 Å². The maximum atomic E-state index is 9.44. The molecule has 1 fully saturated rings. The predicted octanol–water partition coefficient (Wildman–Crippen LogP) is 2.63. The lowest BCUT2D eigenvalue weighted by Crippen LogP contribution is -2.40. The summed E-state index contributed by atoms with van der Waals surface area (Å²) in [5.41, 5.74) is 6.36. The van der Waals surface area contributed by atoms with Gasteiger partial charge in [-0.05, 0) is 37.8 Å². The number of likely N-dealkylation sites (tertiary alicyclic amines) is 1. The molecule has 1 aliphatic heterocycles. The summed E-state index contributed by atoms with van der Waals surface area (Å²) >= 11 is 0. The fourth-order valence-corrected chi connectivity index (χ4v) is 2.97. The van der Waals surface area contributed by atoms with Gasteiger partial charge in [-0.15, -0.1) is 0 Å². The average molecular weight is 257 g/mol. The second kappa shape index (κ2) is 6.18. The quantitative estimate of drug-likeness (QED) is 0.882. The summed E-state index contributed by atoms with van der Waals surface area (Å²) in [6.07, 6.45) is 4.44. The molecule has 0 aliphatic carbocycles. The molecule has 1 aromatic rings. The molecule has 0 aromatic heterocycles. The number of nitriles is 1. The Bertz CT molecular complexity index is 437. The van der Waals surface area contributed by atoms with E-state index < -0.39 is 5.54 Å². The van der Waals surface area contributed by atoms with Crippen molar-refractivity contribution in [2.45, 2.75) is 44.2 Å². The molecule has 102 valence electrons. The van der Waals surface area contributed by atoms with Crippen molar-refractivity contribution in [2.75, 3.05) is 13.1 Å². The molecule has 1 saturated heterocycles. The number of hydrogen-bond acceptors (Lipinski definition) is 3. The van der Waals surface area contributed by atoms with Gasteiger partial charge in [0.05, 0.1) is 6.07 Å². The molecule has 0 bridgehead atoms. The second-order valence-electron chi connectivity index (χ2n) is 5.44. The van der Waals surface area contributed by atoms with Gasteiger partial charge in [-0.25, -0.2) is 0 Å². The minimum Gasteiger partial charge on any atom is -0.310 e. The zero-order chi connectivity index (χ0) is 13.7. The highest BCUT2D eigenvalue weighted by atomic mass is 15.2. The van der Waals surface area contributed by atoms with Gasteiger partial charge in [-0.2, -0.15) is 5.26 Å². The Kier molecular flexibility index (Phi) is 4.57. The van der Waals surface area contributed by atoms with Crippen LogP contribution in [0.15, 0.2) is 30.3 Å². The second-order valence-corrected chi connectivity index (χ2v) is 5.44. The minimum absolute atomic E-state index is 0.679. The van der Waals surface area contributed by atoms with Crippen molar-refractivity contribution in [3.8, 4) is 6.07 Å². The first-order valence-corrected chi connectivity index (χ1v) is 7.19. The summed E-state index contributed by atoms with van der Waals surface area (Å²) in [6.45, 7) is 4.30. The number of rotatable bonds is 5. The predicted molar refractivity (Wildman–Crippen MR) is 77.4 cm³/mol. The summed E-state index contributed by atoms with van der Waals surface area (Å²) in [4.78, 5) is 2.49. The summed E-state index contributed by atoms with van der Waals surface area (Å²) in [6, 6.07) is 12.7. The van der Waals surface area contributed by atoms with E-state index >= 15 is 0 Å². The third-order valence-electron chi connectivity index (χ3n) is 4.25. The van der Waals surface area contributed by atoms with Gasteiger partial charge in [0.15, 0.2) is 0 Å². The third-order valence-corrected chi connectivity index (χ3v) is 4.25. The molecule has 19 heavy (non-hydrogen) atoms. The summed E-state index contributed by atoms with van der Waals surface area (Å²) in [5.74, 6) is 0. The molecule has 0 spiro atoms. The smallest absolute Gasteiger partial charge is 0.131 e. The van der Waals surface area contributed by atoms with Gasteiger partial charge in [0, 0.05) is 12.6 Å². The van der Waals surface area contributed by atoms with Gasteiger partial charge >= 0.3 is 0 Å². The maximum absolute atomic E-state index is 9.44. The van der Waals surface area contributed by atoms with E-state index in [9.17, 15) is 5.26 Å². The fraction of sp³-hybridized carbons (Fsp3) is 0.562. The Morgan fingerprint density at radius 2 is 2.16 bits per heavy atom. The van der Waals surface area contributed by atoms with Crippen LogP contribution in [0.3, 0.4) is 0 Å². The molecule has 2 unspecified atom stereocenters. The minimum atomic E-state index is -0.859. The standard InChI is InChI=1S/C16H23N3/c1-2-15-9-6-11-19(15)12-10-16(18,13-17)14-7-4-3-5-8-14/h3-5,7-8,15H,2,6,9-12,18H2,1H3. The van der Waals surface area contributed by atoms with E-state index in [-0.39, 0.29) is 0 Å². The van der Waals surface area contributed by atoms with E-state index in [1.165, 1.54) is 19.3 Å². The lowest BCUT2D eigenvalue weighted by Gasteiger charge is -2.28. The fourth-order valence-electron chi connectivity index (χ4n) is 2.97. The number of nitrogens with two attached hydrogens (primary N) is 1. The highest BCUT2D eigenvalue weighted by molar-refractivity contribution is 5.30. The maximum Gasteiger partial charge on any atom is 0.131 e. The van der Waals surface area contributed by atoms with Crippen molar-refractivity contribution in [1.29, 1.82) is 5.26 Å². The normalized spacial score (nSPS) is 22.9. The number of benzene rings is 1. The van der Waals surface area contributed by atoms with Crippen LogP contribution in [0.2, 0.25) is 0 Å². The monoisotopic (exact) mass is 257 g/mol. The van der Waals surface area contributed by atoms with Crippen LogP contribution in [0.1, 0.15) is 38.2 Å². The van der Waals surface area contributed by atoms with Crippen LogP contribution in [0, 0.1) is 11.3 Å². The molecule has 2 rings (SSSR count). The summed E-state index contributed by atoms with van der Waals surface area (Å²) in [5, 5.41) is 9.44. The average Bonchev–Trinajstić information content (AvgIpc) is 2.93. The molecule has 2 N–H and O–H groups in total.